The molecule has 8 nitrogen and oxygen atoms in total. The zero-order chi connectivity index (χ0) is 23.4. The number of aromatic carboxylic acids is 1. The Bertz CT molecular complexity index is 1410. The van der Waals surface area contributed by atoms with Gasteiger partial charge in [0, 0.05) is 29.2 Å². The first kappa shape index (κ1) is 20.9. The van der Waals surface area contributed by atoms with Gasteiger partial charge in [-0.05, 0) is 69.2 Å². The summed E-state index contributed by atoms with van der Waals surface area (Å²) >= 11 is 0. The van der Waals surface area contributed by atoms with Crippen LogP contribution in [0.15, 0.2) is 42.7 Å². The highest BCUT2D eigenvalue weighted by Crippen LogP contribution is 2.39. The summed E-state index contributed by atoms with van der Waals surface area (Å²) in [6.07, 6.45) is 6.78. The van der Waals surface area contributed by atoms with Crippen LogP contribution >= 0.6 is 0 Å². The Labute approximate surface area is 197 Å². The van der Waals surface area contributed by atoms with Gasteiger partial charge in [0.2, 0.25) is 5.95 Å². The van der Waals surface area contributed by atoms with Crippen LogP contribution in [0.3, 0.4) is 0 Å². The predicted molar refractivity (Wildman–Crippen MR) is 132 cm³/mol. The van der Waals surface area contributed by atoms with Crippen molar-refractivity contribution < 1.29 is 9.90 Å². The second-order valence-corrected chi connectivity index (χ2v) is 9.73. The lowest BCUT2D eigenvalue weighted by molar-refractivity contribution is 0.0698. The van der Waals surface area contributed by atoms with E-state index < -0.39 is 5.97 Å². The van der Waals surface area contributed by atoms with Crippen molar-refractivity contribution in [3.63, 3.8) is 0 Å². The summed E-state index contributed by atoms with van der Waals surface area (Å²) in [7, 11) is 0. The molecule has 4 aromatic rings. The third-order valence-corrected chi connectivity index (χ3v) is 7.46. The summed E-state index contributed by atoms with van der Waals surface area (Å²) in [6, 6.07) is 11.6. The number of hydrogen-bond acceptors (Lipinski definition) is 6. The lowest BCUT2D eigenvalue weighted by Gasteiger charge is -2.45. The normalized spacial score (nSPS) is 20.7. The smallest absolute Gasteiger partial charge is 0.337 e. The number of fused-ring (bicyclic) bond motifs is 6. The van der Waals surface area contributed by atoms with E-state index in [1.807, 2.05) is 17.4 Å². The first-order valence-corrected chi connectivity index (χ1v) is 12.0. The van der Waals surface area contributed by atoms with Crippen molar-refractivity contribution in [2.45, 2.75) is 51.6 Å². The maximum Gasteiger partial charge on any atom is 0.337 e. The van der Waals surface area contributed by atoms with Gasteiger partial charge in [0.25, 0.3) is 0 Å². The van der Waals surface area contributed by atoms with E-state index in [1.165, 1.54) is 25.7 Å². The monoisotopic (exact) mass is 456 g/mol. The van der Waals surface area contributed by atoms with Crippen LogP contribution in [0.4, 0.5) is 11.6 Å². The SMILES string of the molecule is Cc1cc([C@@H](C)Nc2ccccc2C(=O)O)c2nc(N3CC4CCC3CC4)n3cnnc3c2c1. The van der Waals surface area contributed by atoms with Gasteiger partial charge in [0.05, 0.1) is 17.1 Å². The quantitative estimate of drug-likeness (QED) is 0.444. The van der Waals surface area contributed by atoms with Gasteiger partial charge in [-0.1, -0.05) is 18.2 Å². The number of benzene rings is 2. The molecule has 4 heterocycles. The molecule has 1 atom stereocenters. The van der Waals surface area contributed by atoms with E-state index in [2.05, 4.69) is 39.5 Å². The van der Waals surface area contributed by atoms with E-state index in [0.717, 1.165) is 46.1 Å². The summed E-state index contributed by atoms with van der Waals surface area (Å²) in [5.41, 5.74) is 4.65. The van der Waals surface area contributed by atoms with Crippen LogP contribution in [0.2, 0.25) is 0 Å². The number of piperidine rings is 2. The Kier molecular flexibility index (Phi) is 4.90. The first-order chi connectivity index (χ1) is 16.5. The van der Waals surface area contributed by atoms with Crippen LogP contribution < -0.4 is 10.2 Å². The highest BCUT2D eigenvalue weighted by molar-refractivity contribution is 5.96. The number of rotatable bonds is 5. The van der Waals surface area contributed by atoms with Crippen LogP contribution in [-0.4, -0.2) is 43.2 Å². The third kappa shape index (κ3) is 3.36. The topological polar surface area (TPSA) is 95.6 Å². The van der Waals surface area contributed by atoms with Gasteiger partial charge in [-0.2, -0.15) is 0 Å². The zero-order valence-electron chi connectivity index (χ0n) is 19.4. The molecule has 0 radical (unpaired) electrons. The molecule has 3 aliphatic rings. The molecular formula is C26H28N6O2. The summed E-state index contributed by atoms with van der Waals surface area (Å²) in [5, 5.41) is 22.7. The Morgan fingerprint density at radius 1 is 1.18 bits per heavy atom. The highest BCUT2D eigenvalue weighted by Gasteiger charge is 2.36. The van der Waals surface area contributed by atoms with Gasteiger partial charge in [0.15, 0.2) is 5.65 Å². The average molecular weight is 457 g/mol. The molecule has 1 aliphatic carbocycles. The van der Waals surface area contributed by atoms with Gasteiger partial charge in [-0.15, -0.1) is 10.2 Å². The van der Waals surface area contributed by atoms with Crippen LogP contribution in [0.1, 0.15) is 60.1 Å². The standard InChI is InChI=1S/C26H28N6O2/c1-15-11-20(16(2)28-22-6-4-3-5-19(22)25(33)34)23-21(12-15)24-30-27-14-32(24)26(29-23)31-13-17-7-9-18(31)10-8-17/h3-6,11-12,14,16-18,28H,7-10,13H2,1-2H3,(H,33,34)/t16-,17?,18?/m1/s1. The van der Waals surface area contributed by atoms with Gasteiger partial charge < -0.3 is 15.3 Å². The summed E-state index contributed by atoms with van der Waals surface area (Å²) in [5.74, 6) is 0.680. The molecule has 174 valence electrons. The molecule has 0 spiro atoms. The second kappa shape index (κ2) is 7.97. The fourth-order valence-corrected chi connectivity index (χ4v) is 5.77. The Hall–Kier alpha value is -3.68. The number of aromatic nitrogens is 4. The minimum absolute atomic E-state index is 0.161. The summed E-state index contributed by atoms with van der Waals surface area (Å²) in [6.45, 7) is 5.13. The Balaban J connectivity index is 1.49. The van der Waals surface area contributed by atoms with Gasteiger partial charge in [-0.25, -0.2) is 9.78 Å². The van der Waals surface area contributed by atoms with Crippen LogP contribution in [0.25, 0.3) is 16.6 Å². The molecule has 0 unspecified atom stereocenters. The molecule has 2 aromatic carbocycles. The highest BCUT2D eigenvalue weighted by atomic mass is 16.4. The molecule has 2 aliphatic heterocycles. The molecule has 8 heteroatoms. The first-order valence-electron chi connectivity index (χ1n) is 12.0. The van der Waals surface area contributed by atoms with Crippen molar-refractivity contribution in [3.05, 3.63) is 59.4 Å². The van der Waals surface area contributed by atoms with E-state index >= 15 is 0 Å². The number of hydrogen-bond donors (Lipinski definition) is 2. The van der Waals surface area contributed by atoms with Crippen molar-refractivity contribution in [3.8, 4) is 0 Å². The molecule has 3 fully saturated rings. The molecule has 0 amide bonds. The fourth-order valence-electron chi connectivity index (χ4n) is 5.77. The van der Waals surface area contributed by atoms with Crippen molar-refractivity contribution in [2.24, 2.45) is 5.92 Å². The van der Waals surface area contributed by atoms with Crippen LogP contribution in [0.5, 0.6) is 0 Å². The molecule has 34 heavy (non-hydrogen) atoms. The zero-order valence-corrected chi connectivity index (χ0v) is 19.4. The molecule has 7 rings (SSSR count). The number of anilines is 2. The maximum absolute atomic E-state index is 11.7. The molecule has 2 bridgehead atoms. The fraction of sp³-hybridized carbons (Fsp3) is 0.385. The van der Waals surface area contributed by atoms with Gasteiger partial charge >= 0.3 is 5.97 Å². The van der Waals surface area contributed by atoms with E-state index in [4.69, 9.17) is 4.98 Å². The van der Waals surface area contributed by atoms with Gasteiger partial charge in [-0.3, -0.25) is 4.40 Å². The number of carbonyl (C=O) groups is 1. The van der Waals surface area contributed by atoms with E-state index in [-0.39, 0.29) is 11.6 Å². The lowest BCUT2D eigenvalue weighted by atomic mass is 9.80. The van der Waals surface area contributed by atoms with Gasteiger partial charge in [0.1, 0.15) is 6.33 Å². The molecule has 2 saturated heterocycles. The largest absolute Gasteiger partial charge is 0.478 e. The maximum atomic E-state index is 11.7. The molecular weight excluding hydrogens is 428 g/mol. The van der Waals surface area contributed by atoms with Crippen molar-refractivity contribution in [2.75, 3.05) is 16.8 Å². The molecule has 2 N–H and O–H groups in total. The number of nitrogens with one attached hydrogen (secondary N) is 1. The summed E-state index contributed by atoms with van der Waals surface area (Å²) < 4.78 is 2.03. The van der Waals surface area contributed by atoms with E-state index in [0.29, 0.717) is 11.7 Å². The average Bonchev–Trinajstić information content (AvgIpc) is 3.34. The van der Waals surface area contributed by atoms with Crippen molar-refractivity contribution in [1.29, 1.82) is 0 Å². The van der Waals surface area contributed by atoms with Crippen LogP contribution in [-0.2, 0) is 0 Å². The third-order valence-electron chi connectivity index (χ3n) is 7.46. The number of para-hydroxylation sites is 1. The van der Waals surface area contributed by atoms with Crippen molar-refractivity contribution >= 4 is 34.2 Å². The van der Waals surface area contributed by atoms with E-state index in [1.54, 1.807) is 24.5 Å². The van der Waals surface area contributed by atoms with Crippen LogP contribution in [0, 0.1) is 12.8 Å². The number of nitrogens with zero attached hydrogens (tertiary/aromatic N) is 5. The second-order valence-electron chi connectivity index (χ2n) is 9.73. The van der Waals surface area contributed by atoms with Crippen molar-refractivity contribution in [1.82, 2.24) is 19.6 Å². The minimum atomic E-state index is -0.949. The van der Waals surface area contributed by atoms with E-state index in [9.17, 15) is 9.90 Å². The molecule has 2 aromatic heterocycles. The molecule has 1 saturated carbocycles. The summed E-state index contributed by atoms with van der Waals surface area (Å²) in [4.78, 5) is 19.4. The number of carboxylic acid groups (broad SMARTS) is 1. The number of aryl methyl sites for hydroxylation is 1. The predicted octanol–water partition coefficient (Wildman–Crippen LogP) is 4.84. The minimum Gasteiger partial charge on any atom is -0.478 e. The Morgan fingerprint density at radius 3 is 2.71 bits per heavy atom. The lowest BCUT2D eigenvalue weighted by Crippen LogP contribution is -2.49. The Morgan fingerprint density at radius 2 is 1.97 bits per heavy atom. The number of carboxylic acids is 1.